The molecule has 0 saturated carbocycles. The zero-order valence-corrected chi connectivity index (χ0v) is 12.4. The summed E-state index contributed by atoms with van der Waals surface area (Å²) in [6.07, 6.45) is 3.98. The summed E-state index contributed by atoms with van der Waals surface area (Å²) in [6, 6.07) is 10.7. The Labute approximate surface area is 125 Å². The normalized spacial score (nSPS) is 16.6. The molecular weight excluding hydrogens is 264 g/mol. The average molecular weight is 284 g/mol. The standard InChI is InChI=1S/C17H20N2O2/c1-18-16-8-5-12-10-14(6-7-15(12)16)21-11-13-4-3-9-19-17(13)20-2/h3-4,6-7,9-10,16,18H,5,8,11H2,1-2H3. The van der Waals surface area contributed by atoms with Crippen LogP contribution in [0.3, 0.4) is 0 Å². The molecule has 0 bridgehead atoms. The van der Waals surface area contributed by atoms with E-state index in [1.54, 1.807) is 13.3 Å². The van der Waals surface area contributed by atoms with E-state index in [4.69, 9.17) is 9.47 Å². The molecule has 1 aliphatic rings. The first-order valence-electron chi connectivity index (χ1n) is 7.22. The molecule has 0 amide bonds. The smallest absolute Gasteiger partial charge is 0.219 e. The van der Waals surface area contributed by atoms with E-state index in [1.165, 1.54) is 11.1 Å². The van der Waals surface area contributed by atoms with Gasteiger partial charge in [0.15, 0.2) is 0 Å². The topological polar surface area (TPSA) is 43.4 Å². The molecule has 1 aliphatic carbocycles. The van der Waals surface area contributed by atoms with E-state index in [0.29, 0.717) is 18.5 Å². The number of rotatable bonds is 5. The third kappa shape index (κ3) is 2.85. The van der Waals surface area contributed by atoms with Gasteiger partial charge in [0, 0.05) is 12.2 Å². The molecule has 110 valence electrons. The minimum absolute atomic E-state index is 0.464. The first-order valence-corrected chi connectivity index (χ1v) is 7.22. The lowest BCUT2D eigenvalue weighted by Gasteiger charge is -2.12. The highest BCUT2D eigenvalue weighted by Gasteiger charge is 2.21. The molecular formula is C17H20N2O2. The van der Waals surface area contributed by atoms with Gasteiger partial charge in [-0.05, 0) is 55.3 Å². The minimum Gasteiger partial charge on any atom is -0.489 e. The molecule has 1 atom stereocenters. The molecule has 1 unspecified atom stereocenters. The number of fused-ring (bicyclic) bond motifs is 1. The summed E-state index contributed by atoms with van der Waals surface area (Å²) >= 11 is 0. The molecule has 1 N–H and O–H groups in total. The fourth-order valence-electron chi connectivity index (χ4n) is 2.86. The van der Waals surface area contributed by atoms with Gasteiger partial charge < -0.3 is 14.8 Å². The van der Waals surface area contributed by atoms with Crippen LogP contribution in [0.2, 0.25) is 0 Å². The first-order chi connectivity index (χ1) is 10.3. The number of hydrogen-bond donors (Lipinski definition) is 1. The summed E-state index contributed by atoms with van der Waals surface area (Å²) in [6.45, 7) is 0.464. The Balaban J connectivity index is 1.72. The van der Waals surface area contributed by atoms with Gasteiger partial charge in [-0.3, -0.25) is 0 Å². The highest BCUT2D eigenvalue weighted by atomic mass is 16.5. The van der Waals surface area contributed by atoms with Gasteiger partial charge in [0.05, 0.1) is 12.7 Å². The number of benzene rings is 1. The van der Waals surface area contributed by atoms with Crippen LogP contribution in [-0.2, 0) is 13.0 Å². The number of hydrogen-bond acceptors (Lipinski definition) is 4. The van der Waals surface area contributed by atoms with E-state index in [1.807, 2.05) is 25.2 Å². The van der Waals surface area contributed by atoms with Gasteiger partial charge in [-0.2, -0.15) is 0 Å². The predicted molar refractivity (Wildman–Crippen MR) is 81.7 cm³/mol. The van der Waals surface area contributed by atoms with Gasteiger partial charge >= 0.3 is 0 Å². The van der Waals surface area contributed by atoms with Gasteiger partial charge in [-0.25, -0.2) is 4.98 Å². The molecule has 1 aromatic heterocycles. The molecule has 1 heterocycles. The fraction of sp³-hybridized carbons (Fsp3) is 0.353. The van der Waals surface area contributed by atoms with Crippen molar-refractivity contribution in [2.45, 2.75) is 25.5 Å². The van der Waals surface area contributed by atoms with Crippen LogP contribution in [0.4, 0.5) is 0 Å². The SMILES string of the molecule is CNC1CCc2cc(OCc3cccnc3OC)ccc21. The molecule has 0 fully saturated rings. The summed E-state index contributed by atoms with van der Waals surface area (Å²) in [5, 5.41) is 3.35. The van der Waals surface area contributed by atoms with Crippen molar-refractivity contribution in [1.29, 1.82) is 0 Å². The second-order valence-electron chi connectivity index (χ2n) is 5.20. The molecule has 4 nitrogen and oxygen atoms in total. The van der Waals surface area contributed by atoms with E-state index in [-0.39, 0.29) is 0 Å². The van der Waals surface area contributed by atoms with Crippen molar-refractivity contribution in [2.24, 2.45) is 0 Å². The monoisotopic (exact) mass is 284 g/mol. The molecule has 1 aromatic carbocycles. The lowest BCUT2D eigenvalue weighted by molar-refractivity contribution is 0.293. The Hall–Kier alpha value is -2.07. The maximum atomic E-state index is 5.89. The third-order valence-electron chi connectivity index (χ3n) is 3.98. The average Bonchev–Trinajstić information content (AvgIpc) is 2.95. The largest absolute Gasteiger partial charge is 0.489 e. The number of aryl methyl sites for hydroxylation is 1. The van der Waals surface area contributed by atoms with Crippen molar-refractivity contribution in [1.82, 2.24) is 10.3 Å². The summed E-state index contributed by atoms with van der Waals surface area (Å²) < 4.78 is 11.1. The van der Waals surface area contributed by atoms with Crippen molar-refractivity contribution >= 4 is 0 Å². The molecule has 21 heavy (non-hydrogen) atoms. The number of pyridine rings is 1. The Morgan fingerprint density at radius 2 is 2.24 bits per heavy atom. The number of nitrogens with zero attached hydrogens (tertiary/aromatic N) is 1. The molecule has 3 rings (SSSR count). The van der Waals surface area contributed by atoms with Crippen LogP contribution in [-0.4, -0.2) is 19.1 Å². The number of methoxy groups -OCH3 is 1. The Kier molecular flexibility index (Phi) is 4.06. The van der Waals surface area contributed by atoms with Crippen LogP contribution < -0.4 is 14.8 Å². The predicted octanol–water partition coefficient (Wildman–Crippen LogP) is 2.88. The zero-order valence-electron chi connectivity index (χ0n) is 12.4. The Bertz CT molecular complexity index is 628. The number of aromatic nitrogens is 1. The van der Waals surface area contributed by atoms with Gasteiger partial charge in [-0.15, -0.1) is 0 Å². The van der Waals surface area contributed by atoms with Gasteiger partial charge in [-0.1, -0.05) is 6.07 Å². The van der Waals surface area contributed by atoms with E-state index < -0.39 is 0 Å². The van der Waals surface area contributed by atoms with Gasteiger partial charge in [0.25, 0.3) is 0 Å². The molecule has 0 saturated heterocycles. The van der Waals surface area contributed by atoms with Gasteiger partial charge in [0.2, 0.25) is 5.88 Å². The Morgan fingerprint density at radius 1 is 1.33 bits per heavy atom. The zero-order chi connectivity index (χ0) is 14.7. The summed E-state index contributed by atoms with van der Waals surface area (Å²) in [5.74, 6) is 1.52. The Morgan fingerprint density at radius 3 is 3.05 bits per heavy atom. The maximum Gasteiger partial charge on any atom is 0.219 e. The minimum atomic E-state index is 0.464. The van der Waals surface area contributed by atoms with Crippen LogP contribution in [0.5, 0.6) is 11.6 Å². The van der Waals surface area contributed by atoms with Crippen molar-refractivity contribution in [3.05, 3.63) is 53.2 Å². The lowest BCUT2D eigenvalue weighted by Crippen LogP contribution is -2.12. The third-order valence-corrected chi connectivity index (χ3v) is 3.98. The summed E-state index contributed by atoms with van der Waals surface area (Å²) in [5.41, 5.74) is 3.72. The first kappa shape index (κ1) is 13.9. The van der Waals surface area contributed by atoms with Crippen molar-refractivity contribution in [3.8, 4) is 11.6 Å². The second kappa shape index (κ2) is 6.14. The molecule has 0 radical (unpaired) electrons. The quantitative estimate of drug-likeness (QED) is 0.917. The summed E-state index contributed by atoms with van der Waals surface area (Å²) in [7, 11) is 3.64. The molecule has 0 spiro atoms. The fourth-order valence-corrected chi connectivity index (χ4v) is 2.86. The highest BCUT2D eigenvalue weighted by Crippen LogP contribution is 2.33. The number of nitrogens with one attached hydrogen (secondary N) is 1. The van der Waals surface area contributed by atoms with Crippen LogP contribution >= 0.6 is 0 Å². The summed E-state index contributed by atoms with van der Waals surface area (Å²) in [4.78, 5) is 4.18. The van der Waals surface area contributed by atoms with E-state index in [0.717, 1.165) is 24.2 Å². The molecule has 2 aromatic rings. The van der Waals surface area contributed by atoms with Crippen molar-refractivity contribution < 1.29 is 9.47 Å². The second-order valence-corrected chi connectivity index (χ2v) is 5.20. The molecule has 4 heteroatoms. The lowest BCUT2D eigenvalue weighted by atomic mass is 10.1. The van der Waals surface area contributed by atoms with Gasteiger partial charge in [0.1, 0.15) is 12.4 Å². The molecule has 0 aliphatic heterocycles. The van der Waals surface area contributed by atoms with E-state index in [2.05, 4.69) is 22.4 Å². The van der Waals surface area contributed by atoms with E-state index in [9.17, 15) is 0 Å². The van der Waals surface area contributed by atoms with Crippen LogP contribution in [0.25, 0.3) is 0 Å². The van der Waals surface area contributed by atoms with Crippen LogP contribution in [0.15, 0.2) is 36.5 Å². The maximum absolute atomic E-state index is 5.89. The van der Waals surface area contributed by atoms with Crippen LogP contribution in [0.1, 0.15) is 29.2 Å². The van der Waals surface area contributed by atoms with E-state index >= 15 is 0 Å². The van der Waals surface area contributed by atoms with Crippen molar-refractivity contribution in [2.75, 3.05) is 14.2 Å². The number of ether oxygens (including phenoxy) is 2. The van der Waals surface area contributed by atoms with Crippen molar-refractivity contribution in [3.63, 3.8) is 0 Å². The highest BCUT2D eigenvalue weighted by molar-refractivity contribution is 5.40. The van der Waals surface area contributed by atoms with Crippen LogP contribution in [0, 0.1) is 0 Å².